The second kappa shape index (κ2) is 5.86. The number of rotatable bonds is 3. The van der Waals surface area contributed by atoms with E-state index in [0.717, 1.165) is 13.1 Å². The largest absolute Gasteiger partial charge is 0.314 e. The Bertz CT molecular complexity index is 423. The molecule has 2 fully saturated rings. The van der Waals surface area contributed by atoms with Gasteiger partial charge in [-0.3, -0.25) is 9.58 Å². The molecule has 1 N–H and O–H groups in total. The van der Waals surface area contributed by atoms with Crippen molar-refractivity contribution in [2.24, 2.45) is 0 Å². The first-order valence-corrected chi connectivity index (χ1v) is 8.18. The number of aromatic nitrogens is 2. The van der Waals surface area contributed by atoms with Gasteiger partial charge in [0.2, 0.25) is 0 Å². The van der Waals surface area contributed by atoms with Crippen molar-refractivity contribution in [3.63, 3.8) is 0 Å². The molecule has 2 aliphatic rings. The van der Waals surface area contributed by atoms with E-state index in [0.29, 0.717) is 11.6 Å². The highest BCUT2D eigenvalue weighted by molar-refractivity contribution is 5.08. The molecule has 112 valence electrons. The van der Waals surface area contributed by atoms with E-state index in [9.17, 15) is 0 Å². The van der Waals surface area contributed by atoms with Crippen molar-refractivity contribution >= 4 is 0 Å². The lowest BCUT2D eigenvalue weighted by Gasteiger charge is -2.50. The van der Waals surface area contributed by atoms with Crippen LogP contribution in [0.3, 0.4) is 0 Å². The van der Waals surface area contributed by atoms with E-state index in [2.05, 4.69) is 46.2 Å². The Balaban J connectivity index is 1.72. The lowest BCUT2D eigenvalue weighted by molar-refractivity contribution is 0.0208. The van der Waals surface area contributed by atoms with Crippen molar-refractivity contribution in [3.8, 4) is 0 Å². The molecule has 1 aliphatic heterocycles. The second-order valence-corrected chi connectivity index (χ2v) is 6.81. The van der Waals surface area contributed by atoms with Gasteiger partial charge < -0.3 is 5.32 Å². The molecule has 0 unspecified atom stereocenters. The highest BCUT2D eigenvalue weighted by atomic mass is 15.3. The maximum atomic E-state index is 4.49. The summed E-state index contributed by atoms with van der Waals surface area (Å²) in [6.07, 6.45) is 11.2. The van der Waals surface area contributed by atoms with Crippen LogP contribution in [-0.2, 0) is 6.54 Å². The third-order valence-electron chi connectivity index (χ3n) is 5.03. The molecule has 1 saturated heterocycles. The zero-order chi connectivity index (χ0) is 14.0. The molecule has 3 rings (SSSR count). The minimum Gasteiger partial charge on any atom is -0.314 e. The second-order valence-electron chi connectivity index (χ2n) is 6.81. The Morgan fingerprint density at radius 3 is 2.80 bits per heavy atom. The minimum atomic E-state index is 0.413. The SMILES string of the molecule is CC(C)n1cc(CN2CCNCC23CCCCC3)cn1. The molecule has 0 bridgehead atoms. The third-order valence-corrected chi connectivity index (χ3v) is 5.03. The number of piperazine rings is 1. The van der Waals surface area contributed by atoms with Crippen molar-refractivity contribution in [1.29, 1.82) is 0 Å². The Labute approximate surface area is 122 Å². The van der Waals surface area contributed by atoms with Gasteiger partial charge in [0.15, 0.2) is 0 Å². The van der Waals surface area contributed by atoms with Gasteiger partial charge >= 0.3 is 0 Å². The van der Waals surface area contributed by atoms with Crippen molar-refractivity contribution in [1.82, 2.24) is 20.0 Å². The van der Waals surface area contributed by atoms with Crippen LogP contribution in [0.25, 0.3) is 0 Å². The van der Waals surface area contributed by atoms with Gasteiger partial charge in [0, 0.05) is 49.5 Å². The number of nitrogens with zero attached hydrogens (tertiary/aromatic N) is 3. The normalized spacial score (nSPS) is 23.6. The van der Waals surface area contributed by atoms with Gasteiger partial charge in [0.25, 0.3) is 0 Å². The van der Waals surface area contributed by atoms with E-state index < -0.39 is 0 Å². The first-order valence-electron chi connectivity index (χ1n) is 8.18. The summed E-state index contributed by atoms with van der Waals surface area (Å²) in [5, 5.41) is 8.11. The molecule has 0 amide bonds. The minimum absolute atomic E-state index is 0.413. The molecule has 0 radical (unpaired) electrons. The summed E-state index contributed by atoms with van der Waals surface area (Å²) in [4.78, 5) is 2.73. The molecule has 1 saturated carbocycles. The van der Waals surface area contributed by atoms with Crippen molar-refractivity contribution in [2.45, 2.75) is 64.1 Å². The summed E-state index contributed by atoms with van der Waals surface area (Å²) in [7, 11) is 0. The molecule has 1 aromatic rings. The highest BCUT2D eigenvalue weighted by Crippen LogP contribution is 2.35. The number of hydrogen-bond acceptors (Lipinski definition) is 3. The Kier molecular flexibility index (Phi) is 4.13. The molecule has 4 nitrogen and oxygen atoms in total. The fourth-order valence-corrected chi connectivity index (χ4v) is 3.80. The maximum absolute atomic E-state index is 4.49. The van der Waals surface area contributed by atoms with Gasteiger partial charge in [-0.1, -0.05) is 19.3 Å². The van der Waals surface area contributed by atoms with Crippen LogP contribution in [0.5, 0.6) is 0 Å². The van der Waals surface area contributed by atoms with Crippen molar-refractivity contribution in [2.75, 3.05) is 19.6 Å². The molecule has 1 spiro atoms. The van der Waals surface area contributed by atoms with E-state index >= 15 is 0 Å². The van der Waals surface area contributed by atoms with Gasteiger partial charge in [-0.15, -0.1) is 0 Å². The topological polar surface area (TPSA) is 33.1 Å². The molecule has 1 aliphatic carbocycles. The Hall–Kier alpha value is -0.870. The van der Waals surface area contributed by atoms with Crippen LogP contribution in [0.4, 0.5) is 0 Å². The fraction of sp³-hybridized carbons (Fsp3) is 0.812. The number of hydrogen-bond donors (Lipinski definition) is 1. The van der Waals surface area contributed by atoms with Gasteiger partial charge in [0.1, 0.15) is 0 Å². The molecule has 0 atom stereocenters. The fourth-order valence-electron chi connectivity index (χ4n) is 3.80. The summed E-state index contributed by atoms with van der Waals surface area (Å²) in [5.74, 6) is 0. The molecular weight excluding hydrogens is 248 g/mol. The zero-order valence-electron chi connectivity index (χ0n) is 12.9. The standard InChI is InChI=1S/C16H28N4/c1-14(2)20-12-15(10-18-20)11-19-9-8-17-13-16(19)6-4-3-5-7-16/h10,12,14,17H,3-9,11,13H2,1-2H3. The van der Waals surface area contributed by atoms with E-state index in [-0.39, 0.29) is 0 Å². The van der Waals surface area contributed by atoms with E-state index in [4.69, 9.17) is 0 Å². The monoisotopic (exact) mass is 276 g/mol. The Morgan fingerprint density at radius 2 is 2.10 bits per heavy atom. The van der Waals surface area contributed by atoms with Gasteiger partial charge in [-0.25, -0.2) is 0 Å². The smallest absolute Gasteiger partial charge is 0.0534 e. The van der Waals surface area contributed by atoms with Crippen LogP contribution in [0.1, 0.15) is 57.6 Å². The highest BCUT2D eigenvalue weighted by Gasteiger charge is 2.39. The zero-order valence-corrected chi connectivity index (χ0v) is 12.9. The first kappa shape index (κ1) is 14.1. The quantitative estimate of drug-likeness (QED) is 0.921. The molecule has 0 aromatic carbocycles. The van der Waals surface area contributed by atoms with Crippen LogP contribution in [0.2, 0.25) is 0 Å². The predicted molar refractivity (Wildman–Crippen MR) is 81.7 cm³/mol. The van der Waals surface area contributed by atoms with Crippen molar-refractivity contribution in [3.05, 3.63) is 18.0 Å². The van der Waals surface area contributed by atoms with E-state index in [1.165, 1.54) is 50.8 Å². The third kappa shape index (κ3) is 2.77. The lowest BCUT2D eigenvalue weighted by Crippen LogP contribution is -2.61. The van der Waals surface area contributed by atoms with Crippen LogP contribution < -0.4 is 5.32 Å². The summed E-state index contributed by atoms with van der Waals surface area (Å²) >= 11 is 0. The molecule has 1 aromatic heterocycles. The maximum Gasteiger partial charge on any atom is 0.0534 e. The molecular formula is C16H28N4. The van der Waals surface area contributed by atoms with Crippen LogP contribution in [-0.4, -0.2) is 39.9 Å². The van der Waals surface area contributed by atoms with Crippen molar-refractivity contribution < 1.29 is 0 Å². The van der Waals surface area contributed by atoms with E-state index in [1.807, 2.05) is 0 Å². The molecule has 20 heavy (non-hydrogen) atoms. The lowest BCUT2D eigenvalue weighted by atomic mass is 9.79. The van der Waals surface area contributed by atoms with Gasteiger partial charge in [-0.05, 0) is 26.7 Å². The average Bonchev–Trinajstić information content (AvgIpc) is 2.91. The average molecular weight is 276 g/mol. The predicted octanol–water partition coefficient (Wildman–Crippen LogP) is 2.57. The van der Waals surface area contributed by atoms with Gasteiger partial charge in [0.05, 0.1) is 6.20 Å². The van der Waals surface area contributed by atoms with E-state index in [1.54, 1.807) is 0 Å². The molecule has 2 heterocycles. The van der Waals surface area contributed by atoms with Gasteiger partial charge in [-0.2, -0.15) is 5.10 Å². The Morgan fingerprint density at radius 1 is 1.30 bits per heavy atom. The summed E-state index contributed by atoms with van der Waals surface area (Å²) in [5.41, 5.74) is 1.78. The van der Waals surface area contributed by atoms with Crippen LogP contribution in [0.15, 0.2) is 12.4 Å². The number of nitrogens with one attached hydrogen (secondary N) is 1. The summed E-state index contributed by atoms with van der Waals surface area (Å²) in [6.45, 7) is 8.90. The first-order chi connectivity index (χ1) is 9.70. The molecule has 4 heteroatoms. The van der Waals surface area contributed by atoms with Crippen LogP contribution in [0, 0.1) is 0 Å². The summed E-state index contributed by atoms with van der Waals surface area (Å²) in [6, 6.07) is 0.454. The summed E-state index contributed by atoms with van der Waals surface area (Å²) < 4.78 is 2.07. The van der Waals surface area contributed by atoms with Crippen LogP contribution >= 0.6 is 0 Å².